The number of carbonyl (C=O) groups excluding carboxylic acids is 1. The average molecular weight is 276 g/mol. The number of anilines is 1. The summed E-state index contributed by atoms with van der Waals surface area (Å²) in [5.74, 6) is 0.518. The number of nitrogens with two attached hydrogens (primary N) is 1. The molecule has 0 heterocycles. The molecule has 1 aliphatic rings. The van der Waals surface area contributed by atoms with Crippen molar-refractivity contribution in [3.05, 3.63) is 36.4 Å². The topological polar surface area (TPSA) is 73.6 Å². The van der Waals surface area contributed by atoms with Gasteiger partial charge in [-0.2, -0.15) is 0 Å². The Bertz CT molecular complexity index is 488. The largest absolute Gasteiger partial charge is 0.491 e. The fourth-order valence-corrected chi connectivity index (χ4v) is 2.06. The highest BCUT2D eigenvalue weighted by atomic mass is 16.5. The van der Waals surface area contributed by atoms with Crippen LogP contribution >= 0.6 is 0 Å². The molecule has 0 fully saturated rings. The Hall–Kier alpha value is -1.85. The molecule has 0 bridgehead atoms. The Balaban J connectivity index is 1.90. The lowest BCUT2D eigenvalue weighted by atomic mass is 10.1. The molecule has 2 atom stereocenters. The molecule has 2 unspecified atom stereocenters. The second-order valence-corrected chi connectivity index (χ2v) is 4.75. The van der Waals surface area contributed by atoms with Crippen molar-refractivity contribution in [1.29, 1.82) is 0 Å². The van der Waals surface area contributed by atoms with Crippen molar-refractivity contribution in [2.45, 2.75) is 12.5 Å². The van der Waals surface area contributed by atoms with Gasteiger partial charge in [-0.3, -0.25) is 4.79 Å². The molecular formula is C15H20N2O3. The Kier molecular flexibility index (Phi) is 5.15. The van der Waals surface area contributed by atoms with Gasteiger partial charge in [0.15, 0.2) is 0 Å². The number of hydrogen-bond donors (Lipinski definition) is 2. The molecule has 2 rings (SSSR count). The van der Waals surface area contributed by atoms with E-state index in [1.807, 2.05) is 30.4 Å². The van der Waals surface area contributed by atoms with E-state index in [-0.39, 0.29) is 17.9 Å². The van der Waals surface area contributed by atoms with Crippen LogP contribution in [0.15, 0.2) is 36.4 Å². The van der Waals surface area contributed by atoms with Crippen LogP contribution in [-0.2, 0) is 9.53 Å². The molecule has 20 heavy (non-hydrogen) atoms. The molecule has 0 aliphatic heterocycles. The number of ether oxygens (including phenoxy) is 2. The van der Waals surface area contributed by atoms with E-state index in [4.69, 9.17) is 15.2 Å². The summed E-state index contributed by atoms with van der Waals surface area (Å²) in [6, 6.07) is 7.30. The van der Waals surface area contributed by atoms with Crippen LogP contribution in [0.25, 0.3) is 0 Å². The Morgan fingerprint density at radius 3 is 2.95 bits per heavy atom. The molecule has 0 saturated carbocycles. The third-order valence-electron chi connectivity index (χ3n) is 3.11. The second kappa shape index (κ2) is 7.07. The first kappa shape index (κ1) is 14.6. The zero-order valence-corrected chi connectivity index (χ0v) is 11.5. The lowest BCUT2D eigenvalue weighted by Crippen LogP contribution is -2.23. The van der Waals surface area contributed by atoms with E-state index in [0.29, 0.717) is 25.4 Å². The van der Waals surface area contributed by atoms with Gasteiger partial charge in [0, 0.05) is 24.9 Å². The number of rotatable bonds is 6. The van der Waals surface area contributed by atoms with E-state index >= 15 is 0 Å². The molecule has 1 aromatic carbocycles. The van der Waals surface area contributed by atoms with Crippen molar-refractivity contribution < 1.29 is 14.3 Å². The third kappa shape index (κ3) is 4.08. The molecule has 0 aromatic heterocycles. The maximum Gasteiger partial charge on any atom is 0.231 e. The van der Waals surface area contributed by atoms with E-state index < -0.39 is 0 Å². The summed E-state index contributed by atoms with van der Waals surface area (Å²) in [5.41, 5.74) is 6.47. The van der Waals surface area contributed by atoms with E-state index in [2.05, 4.69) is 5.32 Å². The first-order valence-electron chi connectivity index (χ1n) is 6.65. The van der Waals surface area contributed by atoms with Gasteiger partial charge in [-0.05, 0) is 18.6 Å². The van der Waals surface area contributed by atoms with Crippen molar-refractivity contribution in [2.24, 2.45) is 11.7 Å². The van der Waals surface area contributed by atoms with Crippen LogP contribution in [0.3, 0.4) is 0 Å². The molecule has 0 spiro atoms. The highest BCUT2D eigenvalue weighted by molar-refractivity contribution is 5.94. The maximum absolute atomic E-state index is 12.1. The molecule has 1 amide bonds. The van der Waals surface area contributed by atoms with Crippen molar-refractivity contribution in [1.82, 2.24) is 0 Å². The SMILES string of the molecule is COCCOc1cccc(NC(=O)C2C=CC(N)C2)c1. The maximum atomic E-state index is 12.1. The lowest BCUT2D eigenvalue weighted by molar-refractivity contribution is -0.118. The minimum atomic E-state index is -0.150. The number of methoxy groups -OCH3 is 1. The second-order valence-electron chi connectivity index (χ2n) is 4.75. The standard InChI is InChI=1S/C15H20N2O3/c1-19-7-8-20-14-4-2-3-13(10-14)17-15(18)11-5-6-12(16)9-11/h2-6,10-12H,7-9,16H2,1H3,(H,17,18). The highest BCUT2D eigenvalue weighted by Gasteiger charge is 2.22. The van der Waals surface area contributed by atoms with Crippen LogP contribution < -0.4 is 15.8 Å². The molecule has 0 radical (unpaired) electrons. The predicted octanol–water partition coefficient (Wildman–Crippen LogP) is 1.55. The molecule has 3 N–H and O–H groups in total. The van der Waals surface area contributed by atoms with Crippen LogP contribution in [0.4, 0.5) is 5.69 Å². The summed E-state index contributed by atoms with van der Waals surface area (Å²) in [7, 11) is 1.62. The first-order chi connectivity index (χ1) is 9.69. The summed E-state index contributed by atoms with van der Waals surface area (Å²) >= 11 is 0. The fraction of sp³-hybridized carbons (Fsp3) is 0.400. The summed E-state index contributed by atoms with van der Waals surface area (Å²) in [6.07, 6.45) is 4.39. The summed E-state index contributed by atoms with van der Waals surface area (Å²) in [5, 5.41) is 2.88. The van der Waals surface area contributed by atoms with E-state index in [1.54, 1.807) is 13.2 Å². The number of amides is 1. The minimum absolute atomic E-state index is 0.0190. The highest BCUT2D eigenvalue weighted by Crippen LogP contribution is 2.21. The monoisotopic (exact) mass is 276 g/mol. The zero-order chi connectivity index (χ0) is 14.4. The van der Waals surface area contributed by atoms with Crippen molar-refractivity contribution in [3.63, 3.8) is 0 Å². The lowest BCUT2D eigenvalue weighted by Gasteiger charge is -2.12. The number of benzene rings is 1. The van der Waals surface area contributed by atoms with Crippen LogP contribution in [-0.4, -0.2) is 32.3 Å². The molecule has 0 saturated heterocycles. The van der Waals surface area contributed by atoms with Gasteiger partial charge in [0.05, 0.1) is 12.5 Å². The Labute approximate surface area is 118 Å². The molecular weight excluding hydrogens is 256 g/mol. The van der Waals surface area contributed by atoms with Gasteiger partial charge in [-0.15, -0.1) is 0 Å². The van der Waals surface area contributed by atoms with Gasteiger partial charge < -0.3 is 20.5 Å². The van der Waals surface area contributed by atoms with Gasteiger partial charge in [0.25, 0.3) is 0 Å². The van der Waals surface area contributed by atoms with E-state index in [9.17, 15) is 4.79 Å². The number of carbonyl (C=O) groups is 1. The number of hydrogen-bond acceptors (Lipinski definition) is 4. The average Bonchev–Trinajstić information content (AvgIpc) is 2.86. The summed E-state index contributed by atoms with van der Waals surface area (Å²) < 4.78 is 10.4. The molecule has 5 nitrogen and oxygen atoms in total. The smallest absolute Gasteiger partial charge is 0.231 e. The fourth-order valence-electron chi connectivity index (χ4n) is 2.06. The summed E-state index contributed by atoms with van der Waals surface area (Å²) in [6.45, 7) is 1.01. The predicted molar refractivity (Wildman–Crippen MR) is 77.7 cm³/mol. The summed E-state index contributed by atoms with van der Waals surface area (Å²) in [4.78, 5) is 12.1. The molecule has 5 heteroatoms. The van der Waals surface area contributed by atoms with E-state index in [1.165, 1.54) is 0 Å². The minimum Gasteiger partial charge on any atom is -0.491 e. The molecule has 1 aliphatic carbocycles. The number of nitrogens with one attached hydrogen (secondary N) is 1. The third-order valence-corrected chi connectivity index (χ3v) is 3.11. The van der Waals surface area contributed by atoms with Crippen molar-refractivity contribution >= 4 is 11.6 Å². The van der Waals surface area contributed by atoms with Gasteiger partial charge in [-0.1, -0.05) is 18.2 Å². The van der Waals surface area contributed by atoms with Crippen LogP contribution in [0, 0.1) is 5.92 Å². The van der Waals surface area contributed by atoms with Gasteiger partial charge in [0.1, 0.15) is 12.4 Å². The van der Waals surface area contributed by atoms with Gasteiger partial charge in [-0.25, -0.2) is 0 Å². The van der Waals surface area contributed by atoms with Gasteiger partial charge >= 0.3 is 0 Å². The van der Waals surface area contributed by atoms with Crippen LogP contribution in [0.5, 0.6) is 5.75 Å². The Morgan fingerprint density at radius 2 is 2.25 bits per heavy atom. The van der Waals surface area contributed by atoms with E-state index in [0.717, 1.165) is 5.69 Å². The van der Waals surface area contributed by atoms with Crippen molar-refractivity contribution in [2.75, 3.05) is 25.6 Å². The molecule has 108 valence electrons. The van der Waals surface area contributed by atoms with Gasteiger partial charge in [0.2, 0.25) is 5.91 Å². The zero-order valence-electron chi connectivity index (χ0n) is 11.5. The quantitative estimate of drug-likeness (QED) is 0.611. The normalized spacial score (nSPS) is 20.9. The van der Waals surface area contributed by atoms with Crippen molar-refractivity contribution in [3.8, 4) is 5.75 Å². The molecule has 1 aromatic rings. The first-order valence-corrected chi connectivity index (χ1v) is 6.65. The van der Waals surface area contributed by atoms with Crippen LogP contribution in [0.2, 0.25) is 0 Å². The van der Waals surface area contributed by atoms with Crippen LogP contribution in [0.1, 0.15) is 6.42 Å². The Morgan fingerprint density at radius 1 is 1.40 bits per heavy atom.